The van der Waals surface area contributed by atoms with Gasteiger partial charge in [0.1, 0.15) is 0 Å². The molecule has 0 bridgehead atoms. The summed E-state index contributed by atoms with van der Waals surface area (Å²) in [5, 5.41) is 11.1. The van der Waals surface area contributed by atoms with Crippen LogP contribution in [-0.4, -0.2) is 50.7 Å². The average Bonchev–Trinajstić information content (AvgIpc) is 2.95. The molecule has 0 aliphatic carbocycles. The maximum atomic E-state index is 5.40. The zero-order chi connectivity index (χ0) is 20.7. The minimum absolute atomic E-state index is 0. The van der Waals surface area contributed by atoms with Gasteiger partial charge >= 0.3 is 0 Å². The molecule has 0 unspecified atom stereocenters. The van der Waals surface area contributed by atoms with E-state index in [1.54, 1.807) is 28.4 Å². The number of nitrogens with zero attached hydrogens (tertiary/aromatic N) is 3. The van der Waals surface area contributed by atoms with Crippen molar-refractivity contribution >= 4 is 29.9 Å². The Morgan fingerprint density at radius 1 is 1.07 bits per heavy atom. The number of methoxy groups -OCH3 is 3. The van der Waals surface area contributed by atoms with Gasteiger partial charge in [0, 0.05) is 32.9 Å². The summed E-state index contributed by atoms with van der Waals surface area (Å²) in [5.74, 6) is 2.57. The largest absolute Gasteiger partial charge is 0.493 e. The van der Waals surface area contributed by atoms with E-state index in [9.17, 15) is 0 Å². The lowest BCUT2D eigenvalue weighted by Crippen LogP contribution is -2.37. The third-order valence-corrected chi connectivity index (χ3v) is 4.73. The Morgan fingerprint density at radius 2 is 1.69 bits per heavy atom. The SMILES string of the molecule is CN=C(NCCc1c(C)nn(C)c1C)NCc1cc(OC)c(OC)c(OC)c1.I. The molecule has 1 aromatic carbocycles. The summed E-state index contributed by atoms with van der Waals surface area (Å²) in [4.78, 5) is 4.29. The van der Waals surface area contributed by atoms with E-state index in [-0.39, 0.29) is 24.0 Å². The predicted octanol–water partition coefficient (Wildman–Crippen LogP) is 2.59. The highest BCUT2D eigenvalue weighted by Crippen LogP contribution is 2.38. The molecule has 0 aliphatic rings. The molecule has 2 aromatic rings. The van der Waals surface area contributed by atoms with Gasteiger partial charge in [-0.25, -0.2) is 0 Å². The molecule has 8 nitrogen and oxygen atoms in total. The first kappa shape index (κ1) is 24.9. The van der Waals surface area contributed by atoms with Gasteiger partial charge in [-0.05, 0) is 43.5 Å². The van der Waals surface area contributed by atoms with Crippen LogP contribution in [0, 0.1) is 13.8 Å². The number of guanidine groups is 1. The number of aryl methyl sites for hydroxylation is 2. The number of rotatable bonds is 8. The second kappa shape index (κ2) is 11.7. The van der Waals surface area contributed by atoms with Gasteiger partial charge in [-0.3, -0.25) is 9.67 Å². The highest BCUT2D eigenvalue weighted by molar-refractivity contribution is 14.0. The fraction of sp³-hybridized carbons (Fsp3) is 0.500. The molecule has 9 heteroatoms. The lowest BCUT2D eigenvalue weighted by molar-refractivity contribution is 0.323. The van der Waals surface area contributed by atoms with Crippen LogP contribution in [0.5, 0.6) is 17.2 Å². The maximum absolute atomic E-state index is 5.40. The van der Waals surface area contributed by atoms with Crippen LogP contribution in [0.15, 0.2) is 17.1 Å². The number of nitrogens with one attached hydrogen (secondary N) is 2. The first-order valence-electron chi connectivity index (χ1n) is 9.17. The summed E-state index contributed by atoms with van der Waals surface area (Å²) in [5.41, 5.74) is 4.54. The molecule has 0 atom stereocenters. The number of halogens is 1. The quantitative estimate of drug-likeness (QED) is 0.319. The molecular weight excluding hydrogens is 485 g/mol. The van der Waals surface area contributed by atoms with Crippen LogP contribution in [0.25, 0.3) is 0 Å². The highest BCUT2D eigenvalue weighted by atomic mass is 127. The van der Waals surface area contributed by atoms with Crippen molar-refractivity contribution in [2.24, 2.45) is 12.0 Å². The first-order valence-corrected chi connectivity index (χ1v) is 9.17. The average molecular weight is 517 g/mol. The number of benzene rings is 1. The Hall–Kier alpha value is -2.17. The normalized spacial score (nSPS) is 10.9. The summed E-state index contributed by atoms with van der Waals surface area (Å²) in [6.07, 6.45) is 0.885. The second-order valence-electron chi connectivity index (χ2n) is 6.41. The Balaban J connectivity index is 0.00000420. The smallest absolute Gasteiger partial charge is 0.203 e. The molecule has 0 radical (unpaired) electrons. The van der Waals surface area contributed by atoms with E-state index >= 15 is 0 Å². The topological polar surface area (TPSA) is 81.9 Å². The number of hydrogen-bond donors (Lipinski definition) is 2. The van der Waals surface area contributed by atoms with Crippen LogP contribution in [0.2, 0.25) is 0 Å². The number of aliphatic imine (C=N–C) groups is 1. The van der Waals surface area contributed by atoms with E-state index < -0.39 is 0 Å². The molecule has 0 aliphatic heterocycles. The van der Waals surface area contributed by atoms with Crippen LogP contribution >= 0.6 is 24.0 Å². The van der Waals surface area contributed by atoms with Gasteiger partial charge in [-0.15, -0.1) is 24.0 Å². The lowest BCUT2D eigenvalue weighted by atomic mass is 10.1. The Morgan fingerprint density at radius 3 is 2.14 bits per heavy atom. The molecule has 0 fully saturated rings. The van der Waals surface area contributed by atoms with Crippen molar-refractivity contribution in [1.29, 1.82) is 0 Å². The number of ether oxygens (including phenoxy) is 3. The fourth-order valence-corrected chi connectivity index (χ4v) is 3.13. The van der Waals surface area contributed by atoms with Crippen molar-refractivity contribution < 1.29 is 14.2 Å². The predicted molar refractivity (Wildman–Crippen MR) is 126 cm³/mol. The van der Waals surface area contributed by atoms with E-state index in [4.69, 9.17) is 14.2 Å². The molecule has 2 rings (SSSR count). The van der Waals surface area contributed by atoms with Crippen LogP contribution in [-0.2, 0) is 20.0 Å². The molecule has 0 amide bonds. The summed E-state index contributed by atoms with van der Waals surface area (Å²) in [6, 6.07) is 3.84. The van der Waals surface area contributed by atoms with Gasteiger partial charge in [0.15, 0.2) is 17.5 Å². The molecule has 1 heterocycles. The molecule has 0 spiro atoms. The van der Waals surface area contributed by atoms with Gasteiger partial charge in [-0.1, -0.05) is 0 Å². The van der Waals surface area contributed by atoms with Gasteiger partial charge in [0.2, 0.25) is 5.75 Å². The molecule has 0 saturated carbocycles. The van der Waals surface area contributed by atoms with E-state index in [1.165, 1.54) is 11.3 Å². The number of aromatic nitrogens is 2. The summed E-state index contributed by atoms with van der Waals surface area (Å²) in [6.45, 7) is 5.47. The van der Waals surface area contributed by atoms with Gasteiger partial charge in [0.25, 0.3) is 0 Å². The molecule has 2 N–H and O–H groups in total. The number of hydrogen-bond acceptors (Lipinski definition) is 5. The third kappa shape index (κ3) is 6.15. The zero-order valence-electron chi connectivity index (χ0n) is 18.3. The molecule has 29 heavy (non-hydrogen) atoms. The van der Waals surface area contributed by atoms with E-state index in [1.807, 2.05) is 30.8 Å². The minimum atomic E-state index is 0. The zero-order valence-corrected chi connectivity index (χ0v) is 20.6. The van der Waals surface area contributed by atoms with E-state index in [0.717, 1.165) is 30.2 Å². The first-order chi connectivity index (χ1) is 13.4. The van der Waals surface area contributed by atoms with E-state index in [0.29, 0.717) is 23.8 Å². The molecule has 1 aromatic heterocycles. The second-order valence-corrected chi connectivity index (χ2v) is 6.41. The Kier molecular flexibility index (Phi) is 10.1. The summed E-state index contributed by atoms with van der Waals surface area (Å²) < 4.78 is 18.1. The van der Waals surface area contributed by atoms with Crippen LogP contribution < -0.4 is 24.8 Å². The van der Waals surface area contributed by atoms with Crippen LogP contribution in [0.1, 0.15) is 22.5 Å². The van der Waals surface area contributed by atoms with Crippen LogP contribution in [0.3, 0.4) is 0 Å². The van der Waals surface area contributed by atoms with Crippen molar-refractivity contribution in [2.45, 2.75) is 26.8 Å². The Labute approximate surface area is 190 Å². The van der Waals surface area contributed by atoms with Crippen molar-refractivity contribution in [2.75, 3.05) is 34.9 Å². The summed E-state index contributed by atoms with van der Waals surface area (Å²) >= 11 is 0. The standard InChI is InChI=1S/C20H31N5O3.HI/c1-13-16(14(2)25(4)24-13)8-9-22-20(21-3)23-12-15-10-17(26-5)19(28-7)18(11-15)27-6;/h10-11H,8-9,12H2,1-7H3,(H2,21,22,23);1H. The van der Waals surface area contributed by atoms with Gasteiger partial charge < -0.3 is 24.8 Å². The maximum Gasteiger partial charge on any atom is 0.203 e. The van der Waals surface area contributed by atoms with Gasteiger partial charge in [0.05, 0.1) is 27.0 Å². The van der Waals surface area contributed by atoms with Crippen molar-refractivity contribution in [1.82, 2.24) is 20.4 Å². The van der Waals surface area contributed by atoms with Crippen molar-refractivity contribution in [3.8, 4) is 17.2 Å². The van der Waals surface area contributed by atoms with Crippen molar-refractivity contribution in [3.05, 3.63) is 34.6 Å². The molecular formula is C20H32IN5O3. The lowest BCUT2D eigenvalue weighted by Gasteiger charge is -2.16. The summed E-state index contributed by atoms with van der Waals surface area (Å²) in [7, 11) is 8.53. The molecule has 162 valence electrons. The van der Waals surface area contributed by atoms with Crippen LogP contribution in [0.4, 0.5) is 0 Å². The highest BCUT2D eigenvalue weighted by Gasteiger charge is 2.13. The minimum Gasteiger partial charge on any atom is -0.493 e. The fourth-order valence-electron chi connectivity index (χ4n) is 3.13. The van der Waals surface area contributed by atoms with E-state index in [2.05, 4.69) is 27.6 Å². The third-order valence-electron chi connectivity index (χ3n) is 4.73. The Bertz CT molecular complexity index is 811. The monoisotopic (exact) mass is 517 g/mol. The van der Waals surface area contributed by atoms with Crippen molar-refractivity contribution in [3.63, 3.8) is 0 Å². The molecule has 0 saturated heterocycles. The van der Waals surface area contributed by atoms with Gasteiger partial charge in [-0.2, -0.15) is 5.10 Å².